The zero-order valence-corrected chi connectivity index (χ0v) is 14.9. The van der Waals surface area contributed by atoms with Crippen molar-refractivity contribution in [3.05, 3.63) is 46.4 Å². The Hall–Kier alpha value is -2.18. The lowest BCUT2D eigenvalue weighted by Crippen LogP contribution is -2.41. The van der Waals surface area contributed by atoms with E-state index in [9.17, 15) is 9.18 Å². The molecule has 0 saturated carbocycles. The summed E-state index contributed by atoms with van der Waals surface area (Å²) < 4.78 is 20.1. The second-order valence-electron chi connectivity index (χ2n) is 5.92. The highest BCUT2D eigenvalue weighted by Crippen LogP contribution is 2.37. The smallest absolute Gasteiger partial charge is 0.286 e. The van der Waals surface area contributed by atoms with Crippen LogP contribution in [-0.2, 0) is 16.1 Å². The number of carbonyl (C=O) groups is 1. The summed E-state index contributed by atoms with van der Waals surface area (Å²) in [6, 6.07) is 6.65. The van der Waals surface area contributed by atoms with Gasteiger partial charge in [-0.3, -0.25) is 9.63 Å². The number of ether oxygens (including phenoxy) is 1. The third-order valence-corrected chi connectivity index (χ3v) is 4.43. The van der Waals surface area contributed by atoms with Gasteiger partial charge >= 0.3 is 0 Å². The molecular weight excluding hydrogens is 347 g/mol. The van der Waals surface area contributed by atoms with Gasteiger partial charge in [0.05, 0.1) is 7.11 Å². The lowest BCUT2D eigenvalue weighted by atomic mass is 9.94. The summed E-state index contributed by atoms with van der Waals surface area (Å²) in [7, 11) is 2.92. The van der Waals surface area contributed by atoms with Gasteiger partial charge in [0.25, 0.3) is 5.91 Å². The average molecular weight is 365 g/mol. The molecule has 0 saturated heterocycles. The van der Waals surface area contributed by atoms with Gasteiger partial charge in [0.2, 0.25) is 5.88 Å². The van der Waals surface area contributed by atoms with E-state index in [0.717, 1.165) is 16.2 Å². The summed E-state index contributed by atoms with van der Waals surface area (Å²) in [5, 5.41) is 1.29. The first-order chi connectivity index (χ1) is 11.9. The van der Waals surface area contributed by atoms with Gasteiger partial charge in [-0.05, 0) is 43.0 Å². The minimum absolute atomic E-state index is 0.182. The molecule has 1 atom stereocenters. The molecule has 2 heterocycles. The quantitative estimate of drug-likeness (QED) is 0.617. The number of hydroxylamine groups is 2. The van der Waals surface area contributed by atoms with E-state index in [1.807, 2.05) is 13.0 Å². The van der Waals surface area contributed by atoms with Crippen LogP contribution in [0.3, 0.4) is 0 Å². The predicted molar refractivity (Wildman–Crippen MR) is 91.9 cm³/mol. The second kappa shape index (κ2) is 6.98. The van der Waals surface area contributed by atoms with Crippen molar-refractivity contribution in [1.29, 1.82) is 0 Å². The van der Waals surface area contributed by atoms with Crippen LogP contribution in [0.4, 0.5) is 4.39 Å². The summed E-state index contributed by atoms with van der Waals surface area (Å²) in [5.41, 5.74) is 2.66. The maximum atomic E-state index is 14.4. The Balaban J connectivity index is 2.00. The molecule has 1 aliphatic heterocycles. The van der Waals surface area contributed by atoms with Crippen molar-refractivity contribution in [3.63, 3.8) is 0 Å². The van der Waals surface area contributed by atoms with Crippen molar-refractivity contribution in [3.8, 4) is 17.0 Å². The summed E-state index contributed by atoms with van der Waals surface area (Å²) in [6.07, 6.45) is 0.263. The van der Waals surface area contributed by atoms with Crippen LogP contribution >= 0.6 is 11.6 Å². The largest absolute Gasteiger partial charge is 0.464 e. The zero-order valence-electron chi connectivity index (χ0n) is 14.2. The molecule has 0 radical (unpaired) electrons. The molecule has 1 amide bonds. The number of halogens is 2. The van der Waals surface area contributed by atoms with Crippen molar-refractivity contribution in [1.82, 2.24) is 10.0 Å². The van der Waals surface area contributed by atoms with Gasteiger partial charge < -0.3 is 4.74 Å². The molecule has 2 aromatic rings. The minimum atomic E-state index is -0.709. The molecule has 0 aliphatic carbocycles. The fourth-order valence-corrected chi connectivity index (χ4v) is 3.06. The third-order valence-electron chi connectivity index (χ3n) is 4.24. The van der Waals surface area contributed by atoms with Gasteiger partial charge in [-0.1, -0.05) is 23.7 Å². The Morgan fingerprint density at radius 3 is 2.84 bits per heavy atom. The molecule has 0 bridgehead atoms. The number of fused-ring (bicyclic) bond motifs is 1. The molecule has 0 N–H and O–H groups in total. The van der Waals surface area contributed by atoms with Gasteiger partial charge in [-0.2, -0.15) is 0 Å². The Morgan fingerprint density at radius 1 is 1.40 bits per heavy atom. The van der Waals surface area contributed by atoms with Crippen LogP contribution in [0.1, 0.15) is 17.5 Å². The maximum Gasteiger partial charge on any atom is 0.286 e. The molecule has 1 unspecified atom stereocenters. The van der Waals surface area contributed by atoms with Crippen molar-refractivity contribution in [2.75, 3.05) is 14.2 Å². The lowest BCUT2D eigenvalue weighted by molar-refractivity contribution is -0.177. The van der Waals surface area contributed by atoms with Crippen LogP contribution in [0.5, 0.6) is 5.88 Å². The first-order valence-corrected chi connectivity index (χ1v) is 8.22. The fraction of sp³-hybridized carbons (Fsp3) is 0.333. The molecule has 7 heteroatoms. The van der Waals surface area contributed by atoms with Crippen LogP contribution in [0.15, 0.2) is 24.3 Å². The highest BCUT2D eigenvalue weighted by atomic mass is 35.5. The lowest BCUT2D eigenvalue weighted by Gasteiger charge is -2.28. The second-order valence-corrected chi connectivity index (χ2v) is 6.31. The van der Waals surface area contributed by atoms with Crippen LogP contribution in [0.25, 0.3) is 11.1 Å². The van der Waals surface area contributed by atoms with Crippen LogP contribution in [0, 0.1) is 12.7 Å². The van der Waals surface area contributed by atoms with Gasteiger partial charge in [-0.25, -0.2) is 14.4 Å². The number of carbonyl (C=O) groups excluding carboxylic acids is 1. The molecule has 0 fully saturated rings. The highest BCUT2D eigenvalue weighted by molar-refractivity contribution is 6.29. The Labute approximate surface area is 150 Å². The number of pyridine rings is 1. The van der Waals surface area contributed by atoms with Gasteiger partial charge in [0.15, 0.2) is 6.10 Å². The van der Waals surface area contributed by atoms with E-state index in [2.05, 4.69) is 4.98 Å². The number of benzene rings is 1. The average Bonchev–Trinajstić information content (AvgIpc) is 2.59. The number of aryl methyl sites for hydroxylation is 1. The first-order valence-electron chi connectivity index (χ1n) is 7.85. The zero-order chi connectivity index (χ0) is 18.1. The highest BCUT2D eigenvalue weighted by Gasteiger charge is 2.31. The van der Waals surface area contributed by atoms with Gasteiger partial charge in [0, 0.05) is 18.2 Å². The molecule has 0 spiro atoms. The number of nitrogens with zero attached hydrogens (tertiary/aromatic N) is 2. The van der Waals surface area contributed by atoms with Gasteiger partial charge in [0.1, 0.15) is 11.0 Å². The van der Waals surface area contributed by atoms with Crippen LogP contribution in [-0.4, -0.2) is 36.2 Å². The Kier molecular flexibility index (Phi) is 4.92. The Bertz CT molecular complexity index is 828. The fourth-order valence-electron chi connectivity index (χ4n) is 2.87. The normalized spacial score (nSPS) is 16.1. The van der Waals surface area contributed by atoms with Crippen molar-refractivity contribution >= 4 is 17.5 Å². The molecule has 5 nitrogen and oxygen atoms in total. The number of aromatic nitrogens is 1. The monoisotopic (exact) mass is 364 g/mol. The minimum Gasteiger partial charge on any atom is -0.464 e. The van der Waals surface area contributed by atoms with E-state index in [4.69, 9.17) is 21.2 Å². The van der Waals surface area contributed by atoms with E-state index in [1.165, 1.54) is 20.2 Å². The number of hydrogen-bond donors (Lipinski definition) is 0. The van der Waals surface area contributed by atoms with E-state index in [1.54, 1.807) is 12.1 Å². The summed E-state index contributed by atoms with van der Waals surface area (Å²) in [4.78, 5) is 21.3. The maximum absolute atomic E-state index is 14.4. The molecule has 25 heavy (non-hydrogen) atoms. The van der Waals surface area contributed by atoms with E-state index < -0.39 is 6.10 Å². The number of amides is 1. The number of hydrogen-bond acceptors (Lipinski definition) is 4. The summed E-state index contributed by atoms with van der Waals surface area (Å²) in [5.74, 6) is -0.378. The SMILES string of the molecule is CON(C)C(=O)C1CCc2c(-c3ccc(C)cc3F)cc(Cl)nc2O1. The van der Waals surface area contributed by atoms with Crippen molar-refractivity contribution in [2.45, 2.75) is 25.9 Å². The third kappa shape index (κ3) is 3.45. The predicted octanol–water partition coefficient (Wildman–Crippen LogP) is 3.56. The topological polar surface area (TPSA) is 51.7 Å². The Morgan fingerprint density at radius 2 is 2.16 bits per heavy atom. The number of rotatable bonds is 3. The molecule has 132 valence electrons. The number of likely N-dealkylation sites (N-methyl/N-ethyl adjacent to an activating group) is 1. The first kappa shape index (κ1) is 17.6. The molecule has 1 aromatic carbocycles. The van der Waals surface area contributed by atoms with Crippen LogP contribution < -0.4 is 4.74 Å². The van der Waals surface area contributed by atoms with Crippen LogP contribution in [0.2, 0.25) is 5.15 Å². The van der Waals surface area contributed by atoms with Crippen molar-refractivity contribution in [2.24, 2.45) is 0 Å². The standard InChI is InChI=1S/C18H18ClFN2O3/c1-10-4-5-11(14(20)8-10)13-9-16(19)21-17-12(13)6-7-15(25-17)18(23)22(2)24-3/h4-5,8-9,15H,6-7H2,1-3H3. The summed E-state index contributed by atoms with van der Waals surface area (Å²) in [6.45, 7) is 1.83. The van der Waals surface area contributed by atoms with Crippen molar-refractivity contribution < 1.29 is 18.8 Å². The van der Waals surface area contributed by atoms with E-state index in [-0.39, 0.29) is 22.8 Å². The van der Waals surface area contributed by atoms with E-state index in [0.29, 0.717) is 24.0 Å². The molecule has 3 rings (SSSR count). The van der Waals surface area contributed by atoms with E-state index >= 15 is 0 Å². The molecule has 1 aromatic heterocycles. The molecular formula is C18H18ClFN2O3. The molecule has 1 aliphatic rings. The van der Waals surface area contributed by atoms with Gasteiger partial charge in [-0.15, -0.1) is 0 Å². The summed E-state index contributed by atoms with van der Waals surface area (Å²) >= 11 is 6.10.